The maximum Gasteiger partial charge on any atom is 0.226 e. The quantitative estimate of drug-likeness (QED) is 0.665. The van der Waals surface area contributed by atoms with Crippen molar-refractivity contribution in [2.75, 3.05) is 32.8 Å². The molecule has 2 fully saturated rings. The lowest BCUT2D eigenvalue weighted by atomic mass is 9.95. The van der Waals surface area contributed by atoms with Crippen LogP contribution < -0.4 is 4.74 Å². The number of piperidine rings is 1. The summed E-state index contributed by atoms with van der Waals surface area (Å²) in [5.41, 5.74) is 1.93. The third kappa shape index (κ3) is 5.84. The van der Waals surface area contributed by atoms with E-state index in [1.54, 1.807) is 18.3 Å². The van der Waals surface area contributed by atoms with Gasteiger partial charge < -0.3 is 14.5 Å². The third-order valence-corrected chi connectivity index (χ3v) is 6.37. The highest BCUT2D eigenvalue weighted by Crippen LogP contribution is 2.25. The molecule has 170 valence electrons. The second-order valence-electron chi connectivity index (χ2n) is 8.98. The van der Waals surface area contributed by atoms with Crippen molar-refractivity contribution in [1.82, 2.24) is 14.8 Å². The van der Waals surface area contributed by atoms with Crippen LogP contribution in [0, 0.1) is 24.6 Å². The van der Waals surface area contributed by atoms with Gasteiger partial charge in [-0.15, -0.1) is 0 Å². The van der Waals surface area contributed by atoms with E-state index in [4.69, 9.17) is 4.74 Å². The van der Waals surface area contributed by atoms with Gasteiger partial charge in [0.05, 0.1) is 13.0 Å². The summed E-state index contributed by atoms with van der Waals surface area (Å²) in [7, 11) is 0. The molecule has 1 unspecified atom stereocenters. The molecule has 2 aliphatic heterocycles. The molecule has 0 bridgehead atoms. The van der Waals surface area contributed by atoms with Crippen molar-refractivity contribution in [2.24, 2.45) is 11.8 Å². The van der Waals surface area contributed by atoms with E-state index >= 15 is 0 Å². The molecular weight excluding hydrogens is 409 g/mol. The molecule has 0 saturated carbocycles. The van der Waals surface area contributed by atoms with E-state index < -0.39 is 0 Å². The van der Waals surface area contributed by atoms with E-state index in [0.29, 0.717) is 50.9 Å². The second kappa shape index (κ2) is 10.1. The van der Waals surface area contributed by atoms with Gasteiger partial charge in [-0.25, -0.2) is 9.37 Å². The monoisotopic (exact) mass is 439 g/mol. The number of carbonyl (C=O) groups excluding carboxylic acids is 2. The molecule has 2 aromatic rings. The first-order chi connectivity index (χ1) is 15.5. The first kappa shape index (κ1) is 22.2. The minimum Gasteiger partial charge on any atom is -0.477 e. The lowest BCUT2D eigenvalue weighted by Crippen LogP contribution is -2.42. The standard InChI is InChI=1S/C25H30FN3O3/c1-18-6-9-27-23(12-18)32-17-21-14-25(31)29(16-21)15-20-7-10-28(11-8-20)24(30)13-19-2-4-22(26)5-3-19/h2-6,9,12,20-21H,7-8,10-11,13-17H2,1H3. The molecule has 3 heterocycles. The van der Waals surface area contributed by atoms with E-state index in [0.717, 1.165) is 30.5 Å². The fourth-order valence-corrected chi connectivity index (χ4v) is 4.50. The highest BCUT2D eigenvalue weighted by atomic mass is 19.1. The van der Waals surface area contributed by atoms with Crippen LogP contribution in [-0.2, 0) is 16.0 Å². The first-order valence-corrected chi connectivity index (χ1v) is 11.3. The number of hydrogen-bond acceptors (Lipinski definition) is 4. The lowest BCUT2D eigenvalue weighted by molar-refractivity contribution is -0.133. The average molecular weight is 440 g/mol. The highest BCUT2D eigenvalue weighted by Gasteiger charge is 2.33. The summed E-state index contributed by atoms with van der Waals surface area (Å²) in [6, 6.07) is 9.92. The largest absolute Gasteiger partial charge is 0.477 e. The van der Waals surface area contributed by atoms with Crippen LogP contribution in [-0.4, -0.2) is 59.4 Å². The molecule has 1 atom stereocenters. The molecule has 4 rings (SSSR count). The fraction of sp³-hybridized carbons (Fsp3) is 0.480. The van der Waals surface area contributed by atoms with Crippen LogP contribution >= 0.6 is 0 Å². The number of amides is 2. The Bertz CT molecular complexity index is 942. The molecule has 7 heteroatoms. The van der Waals surface area contributed by atoms with Gasteiger partial charge >= 0.3 is 0 Å². The summed E-state index contributed by atoms with van der Waals surface area (Å²) in [6.07, 6.45) is 4.34. The third-order valence-electron chi connectivity index (χ3n) is 6.37. The van der Waals surface area contributed by atoms with Crippen molar-refractivity contribution in [3.63, 3.8) is 0 Å². The lowest BCUT2D eigenvalue weighted by Gasteiger charge is -2.34. The van der Waals surface area contributed by atoms with Crippen molar-refractivity contribution < 1.29 is 18.7 Å². The summed E-state index contributed by atoms with van der Waals surface area (Å²) >= 11 is 0. The highest BCUT2D eigenvalue weighted by molar-refractivity contribution is 5.79. The Morgan fingerprint density at radius 1 is 1.16 bits per heavy atom. The number of nitrogens with zero attached hydrogens (tertiary/aromatic N) is 3. The van der Waals surface area contributed by atoms with Crippen LogP contribution in [0.3, 0.4) is 0 Å². The van der Waals surface area contributed by atoms with Gasteiger partial charge in [-0.2, -0.15) is 0 Å². The van der Waals surface area contributed by atoms with Crippen LogP contribution in [0.15, 0.2) is 42.6 Å². The molecule has 32 heavy (non-hydrogen) atoms. The maximum absolute atomic E-state index is 13.0. The Hall–Kier alpha value is -2.96. The maximum atomic E-state index is 13.0. The number of likely N-dealkylation sites (tertiary alicyclic amines) is 2. The number of ether oxygens (including phenoxy) is 1. The zero-order chi connectivity index (χ0) is 22.5. The zero-order valence-corrected chi connectivity index (χ0v) is 18.5. The fourth-order valence-electron chi connectivity index (χ4n) is 4.50. The van der Waals surface area contributed by atoms with Gasteiger partial charge in [0.1, 0.15) is 5.82 Å². The topological polar surface area (TPSA) is 62.7 Å². The summed E-state index contributed by atoms with van der Waals surface area (Å²) in [6.45, 7) is 5.37. The van der Waals surface area contributed by atoms with Gasteiger partial charge in [0, 0.05) is 50.8 Å². The molecule has 6 nitrogen and oxygen atoms in total. The molecule has 0 N–H and O–H groups in total. The average Bonchev–Trinajstić information content (AvgIpc) is 3.13. The molecule has 0 aliphatic carbocycles. The SMILES string of the molecule is Cc1ccnc(OCC2CC(=O)N(CC3CCN(C(=O)Cc4ccc(F)cc4)CC3)C2)c1. The second-order valence-corrected chi connectivity index (χ2v) is 8.98. The van der Waals surface area contributed by atoms with E-state index in [1.807, 2.05) is 28.9 Å². The van der Waals surface area contributed by atoms with Crippen molar-refractivity contribution in [3.8, 4) is 5.88 Å². The molecule has 1 aromatic carbocycles. The van der Waals surface area contributed by atoms with Crippen molar-refractivity contribution >= 4 is 11.8 Å². The Morgan fingerprint density at radius 3 is 2.62 bits per heavy atom. The Labute approximate surface area is 188 Å². The van der Waals surface area contributed by atoms with Gasteiger partial charge in [0.25, 0.3) is 0 Å². The van der Waals surface area contributed by atoms with E-state index in [2.05, 4.69) is 4.98 Å². The van der Waals surface area contributed by atoms with E-state index in [-0.39, 0.29) is 23.5 Å². The summed E-state index contributed by atoms with van der Waals surface area (Å²) in [4.78, 5) is 33.1. The summed E-state index contributed by atoms with van der Waals surface area (Å²) in [5, 5.41) is 0. The molecule has 2 amide bonds. The van der Waals surface area contributed by atoms with Crippen molar-refractivity contribution in [2.45, 2.75) is 32.6 Å². The predicted octanol–water partition coefficient (Wildman–Crippen LogP) is 3.24. The van der Waals surface area contributed by atoms with Gasteiger partial charge in [0.15, 0.2) is 0 Å². The Kier molecular flexibility index (Phi) is 7.02. The molecule has 0 spiro atoms. The summed E-state index contributed by atoms with van der Waals surface area (Å²) in [5.74, 6) is 1.17. The van der Waals surface area contributed by atoms with Crippen LogP contribution in [0.2, 0.25) is 0 Å². The number of rotatable bonds is 7. The van der Waals surface area contributed by atoms with E-state index in [1.165, 1.54) is 12.1 Å². The summed E-state index contributed by atoms with van der Waals surface area (Å²) < 4.78 is 18.8. The number of benzene rings is 1. The minimum atomic E-state index is -0.292. The van der Waals surface area contributed by atoms with Crippen LogP contribution in [0.5, 0.6) is 5.88 Å². The molecule has 2 aliphatic rings. The van der Waals surface area contributed by atoms with Crippen LogP contribution in [0.4, 0.5) is 4.39 Å². The molecule has 2 saturated heterocycles. The zero-order valence-electron chi connectivity index (χ0n) is 18.5. The van der Waals surface area contributed by atoms with Gasteiger partial charge in [-0.05, 0) is 55.0 Å². The first-order valence-electron chi connectivity index (χ1n) is 11.3. The minimum absolute atomic E-state index is 0.0780. The van der Waals surface area contributed by atoms with Gasteiger partial charge in [0.2, 0.25) is 17.7 Å². The number of aryl methyl sites for hydroxylation is 1. The van der Waals surface area contributed by atoms with Crippen LogP contribution in [0.1, 0.15) is 30.4 Å². The predicted molar refractivity (Wildman–Crippen MR) is 119 cm³/mol. The van der Waals surface area contributed by atoms with E-state index in [9.17, 15) is 14.0 Å². The normalized spacial score (nSPS) is 19.4. The number of carbonyl (C=O) groups is 2. The smallest absolute Gasteiger partial charge is 0.226 e. The van der Waals surface area contributed by atoms with Gasteiger partial charge in [-0.3, -0.25) is 9.59 Å². The Morgan fingerprint density at radius 2 is 1.91 bits per heavy atom. The number of pyridine rings is 1. The molecule has 1 aromatic heterocycles. The number of hydrogen-bond donors (Lipinski definition) is 0. The van der Waals surface area contributed by atoms with Crippen molar-refractivity contribution in [3.05, 3.63) is 59.5 Å². The van der Waals surface area contributed by atoms with Crippen LogP contribution in [0.25, 0.3) is 0 Å². The number of halogens is 1. The van der Waals surface area contributed by atoms with Gasteiger partial charge in [-0.1, -0.05) is 12.1 Å². The molecular formula is C25H30FN3O3. The van der Waals surface area contributed by atoms with Crippen molar-refractivity contribution in [1.29, 1.82) is 0 Å². The number of aromatic nitrogens is 1. The Balaban J connectivity index is 1.19. The molecule has 0 radical (unpaired) electrons.